The van der Waals surface area contributed by atoms with Crippen molar-refractivity contribution < 1.29 is 12.8 Å². The Morgan fingerprint density at radius 3 is 2.48 bits per heavy atom. The molecule has 0 aliphatic carbocycles. The highest BCUT2D eigenvalue weighted by Crippen LogP contribution is 2.13. The maximum Gasteiger partial charge on any atom is 0.243 e. The molecule has 0 bridgehead atoms. The molecule has 1 aromatic carbocycles. The standard InChI is InChI=1S/C14H22FN3O2S/c1-12(18-9-7-17(2)8-10-18)11-16-21(19,20)14-6-4-3-5-13(14)15/h3-6,12,16H,7-11H2,1-2H3/t12-/m1/s1. The van der Waals surface area contributed by atoms with E-state index < -0.39 is 15.8 Å². The molecule has 1 heterocycles. The Hall–Kier alpha value is -1.02. The molecule has 118 valence electrons. The molecule has 1 aliphatic heterocycles. The second kappa shape index (κ2) is 6.83. The lowest BCUT2D eigenvalue weighted by Gasteiger charge is -2.36. The number of hydrogen-bond acceptors (Lipinski definition) is 4. The Bertz CT molecular complexity index is 571. The molecule has 1 N–H and O–H groups in total. The summed E-state index contributed by atoms with van der Waals surface area (Å²) >= 11 is 0. The molecule has 0 spiro atoms. The van der Waals surface area contributed by atoms with Crippen LogP contribution in [0.25, 0.3) is 0 Å². The van der Waals surface area contributed by atoms with Crippen LogP contribution < -0.4 is 4.72 Å². The van der Waals surface area contributed by atoms with Crippen LogP contribution in [0, 0.1) is 5.82 Å². The molecule has 0 amide bonds. The first-order valence-electron chi connectivity index (χ1n) is 7.07. The van der Waals surface area contributed by atoms with Crippen molar-refractivity contribution in [1.82, 2.24) is 14.5 Å². The van der Waals surface area contributed by atoms with Crippen molar-refractivity contribution in [1.29, 1.82) is 0 Å². The van der Waals surface area contributed by atoms with Gasteiger partial charge in [-0.25, -0.2) is 17.5 Å². The van der Waals surface area contributed by atoms with Gasteiger partial charge in [-0.1, -0.05) is 12.1 Å². The molecule has 0 saturated carbocycles. The van der Waals surface area contributed by atoms with Crippen molar-refractivity contribution in [2.75, 3.05) is 39.8 Å². The van der Waals surface area contributed by atoms with E-state index >= 15 is 0 Å². The van der Waals surface area contributed by atoms with Crippen molar-refractivity contribution >= 4 is 10.0 Å². The third kappa shape index (κ3) is 4.23. The van der Waals surface area contributed by atoms with E-state index in [-0.39, 0.29) is 17.5 Å². The van der Waals surface area contributed by atoms with Gasteiger partial charge in [-0.3, -0.25) is 4.90 Å². The lowest BCUT2D eigenvalue weighted by atomic mass is 10.2. The molecular weight excluding hydrogens is 293 g/mol. The number of piperazine rings is 1. The predicted molar refractivity (Wildman–Crippen MR) is 80.1 cm³/mol. The summed E-state index contributed by atoms with van der Waals surface area (Å²) < 4.78 is 40.3. The van der Waals surface area contributed by atoms with E-state index in [1.807, 2.05) is 6.92 Å². The average molecular weight is 315 g/mol. The fraction of sp³-hybridized carbons (Fsp3) is 0.571. The number of sulfonamides is 1. The SMILES string of the molecule is C[C@H](CNS(=O)(=O)c1ccccc1F)N1CCN(C)CC1. The lowest BCUT2D eigenvalue weighted by Crippen LogP contribution is -2.51. The molecule has 1 aliphatic rings. The van der Waals surface area contributed by atoms with Crippen molar-refractivity contribution in [3.05, 3.63) is 30.1 Å². The lowest BCUT2D eigenvalue weighted by molar-refractivity contribution is 0.120. The maximum atomic E-state index is 13.6. The van der Waals surface area contributed by atoms with Gasteiger partial charge in [-0.2, -0.15) is 0 Å². The van der Waals surface area contributed by atoms with Gasteiger partial charge in [0.1, 0.15) is 10.7 Å². The molecule has 5 nitrogen and oxygen atoms in total. The average Bonchev–Trinajstić information content (AvgIpc) is 2.46. The second-order valence-corrected chi connectivity index (χ2v) is 7.21. The first-order valence-corrected chi connectivity index (χ1v) is 8.55. The third-order valence-corrected chi connectivity index (χ3v) is 5.31. The van der Waals surface area contributed by atoms with Gasteiger partial charge in [0.05, 0.1) is 0 Å². The topological polar surface area (TPSA) is 52.7 Å². The molecule has 1 fully saturated rings. The van der Waals surface area contributed by atoms with Crippen LogP contribution in [0.2, 0.25) is 0 Å². The summed E-state index contributed by atoms with van der Waals surface area (Å²) in [5, 5.41) is 0. The Labute approximate surface area is 125 Å². The van der Waals surface area contributed by atoms with Gasteiger partial charge in [0, 0.05) is 38.8 Å². The van der Waals surface area contributed by atoms with E-state index in [1.165, 1.54) is 18.2 Å². The highest BCUT2D eigenvalue weighted by molar-refractivity contribution is 7.89. The van der Waals surface area contributed by atoms with Crippen molar-refractivity contribution in [2.24, 2.45) is 0 Å². The van der Waals surface area contributed by atoms with Crippen LogP contribution in [0.4, 0.5) is 4.39 Å². The van der Waals surface area contributed by atoms with E-state index in [2.05, 4.69) is 21.6 Å². The van der Waals surface area contributed by atoms with Crippen LogP contribution in [0.1, 0.15) is 6.92 Å². The molecule has 0 unspecified atom stereocenters. The molecule has 21 heavy (non-hydrogen) atoms. The van der Waals surface area contributed by atoms with Gasteiger partial charge in [0.2, 0.25) is 10.0 Å². The zero-order valence-corrected chi connectivity index (χ0v) is 13.2. The predicted octanol–water partition coefficient (Wildman–Crippen LogP) is 0.740. The minimum atomic E-state index is -3.80. The third-order valence-electron chi connectivity index (χ3n) is 3.86. The van der Waals surface area contributed by atoms with Crippen LogP contribution in [0.15, 0.2) is 29.2 Å². The van der Waals surface area contributed by atoms with E-state index in [0.29, 0.717) is 0 Å². The van der Waals surface area contributed by atoms with E-state index in [1.54, 1.807) is 0 Å². The minimum Gasteiger partial charge on any atom is -0.304 e. The highest BCUT2D eigenvalue weighted by atomic mass is 32.2. The Balaban J connectivity index is 1.94. The van der Waals surface area contributed by atoms with Crippen molar-refractivity contribution in [3.8, 4) is 0 Å². The smallest absolute Gasteiger partial charge is 0.243 e. The van der Waals surface area contributed by atoms with Crippen LogP contribution in [0.5, 0.6) is 0 Å². The van der Waals surface area contributed by atoms with Crippen LogP contribution in [-0.4, -0.2) is 64.0 Å². The summed E-state index contributed by atoms with van der Waals surface area (Å²) in [7, 11) is -1.73. The summed E-state index contributed by atoms with van der Waals surface area (Å²) in [6.07, 6.45) is 0. The largest absolute Gasteiger partial charge is 0.304 e. The first-order chi connectivity index (χ1) is 9.90. The van der Waals surface area contributed by atoms with E-state index in [4.69, 9.17) is 0 Å². The fourth-order valence-electron chi connectivity index (χ4n) is 2.36. The number of benzene rings is 1. The summed E-state index contributed by atoms with van der Waals surface area (Å²) in [5.74, 6) is -0.725. The number of rotatable bonds is 5. The molecule has 0 radical (unpaired) electrons. The van der Waals surface area contributed by atoms with E-state index in [9.17, 15) is 12.8 Å². The van der Waals surface area contributed by atoms with Gasteiger partial charge >= 0.3 is 0 Å². The molecule has 0 aromatic heterocycles. The van der Waals surface area contributed by atoms with Crippen LogP contribution >= 0.6 is 0 Å². The van der Waals surface area contributed by atoms with Crippen LogP contribution in [0.3, 0.4) is 0 Å². The van der Waals surface area contributed by atoms with Crippen LogP contribution in [-0.2, 0) is 10.0 Å². The Morgan fingerprint density at radius 2 is 1.86 bits per heavy atom. The molecule has 1 saturated heterocycles. The fourth-order valence-corrected chi connectivity index (χ4v) is 3.56. The number of halogens is 1. The number of hydrogen-bond donors (Lipinski definition) is 1. The minimum absolute atomic E-state index is 0.0836. The van der Waals surface area contributed by atoms with Crippen molar-refractivity contribution in [2.45, 2.75) is 17.9 Å². The monoisotopic (exact) mass is 315 g/mol. The van der Waals surface area contributed by atoms with Gasteiger partial charge in [-0.15, -0.1) is 0 Å². The molecule has 1 atom stereocenters. The number of nitrogens with zero attached hydrogens (tertiary/aromatic N) is 2. The quantitative estimate of drug-likeness (QED) is 0.871. The summed E-state index contributed by atoms with van der Waals surface area (Å²) in [5.41, 5.74) is 0. The summed E-state index contributed by atoms with van der Waals surface area (Å²) in [6, 6.07) is 5.50. The van der Waals surface area contributed by atoms with Gasteiger partial charge < -0.3 is 4.90 Å². The number of likely N-dealkylation sites (N-methyl/N-ethyl adjacent to an activating group) is 1. The number of nitrogens with one attached hydrogen (secondary N) is 1. The van der Waals surface area contributed by atoms with Gasteiger partial charge in [0.25, 0.3) is 0 Å². The van der Waals surface area contributed by atoms with Gasteiger partial charge in [-0.05, 0) is 26.1 Å². The molecular formula is C14H22FN3O2S. The Morgan fingerprint density at radius 1 is 1.24 bits per heavy atom. The summed E-state index contributed by atoms with van der Waals surface area (Å²) in [6.45, 7) is 6.04. The van der Waals surface area contributed by atoms with Gasteiger partial charge in [0.15, 0.2) is 0 Å². The zero-order chi connectivity index (χ0) is 15.5. The highest BCUT2D eigenvalue weighted by Gasteiger charge is 2.23. The molecule has 2 rings (SSSR count). The first kappa shape index (κ1) is 16.4. The summed E-state index contributed by atoms with van der Waals surface area (Å²) in [4.78, 5) is 4.19. The van der Waals surface area contributed by atoms with E-state index in [0.717, 1.165) is 32.2 Å². The molecule has 7 heteroatoms. The second-order valence-electron chi connectivity index (χ2n) is 5.47. The molecule has 1 aromatic rings. The van der Waals surface area contributed by atoms with Crippen molar-refractivity contribution in [3.63, 3.8) is 0 Å². The Kier molecular flexibility index (Phi) is 5.32. The zero-order valence-electron chi connectivity index (χ0n) is 12.4. The normalized spacial score (nSPS) is 19.6. The maximum absolute atomic E-state index is 13.6.